The number of carbonyl (C=O) groups is 2. The number of carbonyl (C=O) groups excluding carboxylic acids is 2. The maximum Gasteiger partial charge on any atom is 0.148 e. The molecule has 0 saturated heterocycles. The quantitative estimate of drug-likeness (QED) is 0.617. The number of ketones is 2. The lowest BCUT2D eigenvalue weighted by Gasteiger charge is -2.62. The van der Waals surface area contributed by atoms with Crippen molar-refractivity contribution < 1.29 is 9.59 Å². The summed E-state index contributed by atoms with van der Waals surface area (Å²) in [4.78, 5) is 24.8. The third-order valence-corrected chi connectivity index (χ3v) is 9.89. The van der Waals surface area contributed by atoms with Gasteiger partial charge in [-0.3, -0.25) is 9.59 Å². The summed E-state index contributed by atoms with van der Waals surface area (Å²) in [5.74, 6) is 6.79. The smallest absolute Gasteiger partial charge is 0.148 e. The highest BCUT2D eigenvalue weighted by Crippen LogP contribution is 2.71. The second kappa shape index (κ2) is 5.70. The van der Waals surface area contributed by atoms with Crippen LogP contribution in [0.3, 0.4) is 0 Å². The minimum atomic E-state index is -0.549. The Morgan fingerprint density at radius 2 is 1.81 bits per heavy atom. The third kappa shape index (κ3) is 2.07. The van der Waals surface area contributed by atoms with Gasteiger partial charge in [0.05, 0.1) is 5.41 Å². The van der Waals surface area contributed by atoms with Crippen LogP contribution in [0.2, 0.25) is 0 Å². The van der Waals surface area contributed by atoms with Crippen molar-refractivity contribution in [2.45, 2.75) is 79.1 Å². The minimum absolute atomic E-state index is 0.0395. The standard InChI is InChI=1S/C24H34O2/c1-6-24(16(3)25)12-9-20-18-13-15(2)21-14-17(26)7-10-22(21,4)19(18)8-11-23(20,24)5/h1,15,18-21H,7-14H2,2-5H3/t15?,18-,19+,20+,21?,22-,23+,24-/m1/s1. The molecule has 4 saturated carbocycles. The number of Topliss-reactive ketones (excluding diaryl/α,β-unsaturated/α-hetero) is 2. The van der Waals surface area contributed by atoms with E-state index in [9.17, 15) is 9.59 Å². The molecule has 0 spiro atoms. The van der Waals surface area contributed by atoms with Gasteiger partial charge in [0.1, 0.15) is 11.6 Å². The van der Waals surface area contributed by atoms with Crippen LogP contribution in [0.1, 0.15) is 79.1 Å². The molecule has 0 radical (unpaired) electrons. The Hall–Kier alpha value is -1.10. The van der Waals surface area contributed by atoms with E-state index in [0.29, 0.717) is 40.8 Å². The van der Waals surface area contributed by atoms with Gasteiger partial charge < -0.3 is 0 Å². The largest absolute Gasteiger partial charge is 0.300 e. The van der Waals surface area contributed by atoms with E-state index in [0.717, 1.165) is 38.5 Å². The molecule has 4 fully saturated rings. The van der Waals surface area contributed by atoms with Gasteiger partial charge in [-0.25, -0.2) is 0 Å². The second-order valence-corrected chi connectivity index (χ2v) is 10.5. The summed E-state index contributed by atoms with van der Waals surface area (Å²) in [7, 11) is 0. The fourth-order valence-corrected chi connectivity index (χ4v) is 8.47. The van der Waals surface area contributed by atoms with Crippen LogP contribution in [0.25, 0.3) is 0 Å². The Morgan fingerprint density at radius 1 is 1.12 bits per heavy atom. The molecule has 8 atom stereocenters. The maximum absolute atomic E-state index is 12.6. The fraction of sp³-hybridized carbons (Fsp3) is 0.833. The third-order valence-electron chi connectivity index (χ3n) is 9.89. The fourth-order valence-electron chi connectivity index (χ4n) is 8.47. The zero-order valence-corrected chi connectivity index (χ0v) is 16.9. The predicted octanol–water partition coefficient (Wildman–Crippen LogP) is 5.05. The lowest BCUT2D eigenvalue weighted by atomic mass is 9.42. The van der Waals surface area contributed by atoms with E-state index in [-0.39, 0.29) is 11.2 Å². The second-order valence-electron chi connectivity index (χ2n) is 10.5. The Balaban J connectivity index is 1.72. The van der Waals surface area contributed by atoms with E-state index in [1.54, 1.807) is 6.92 Å². The van der Waals surface area contributed by atoms with Crippen molar-refractivity contribution in [1.29, 1.82) is 0 Å². The normalized spacial score (nSPS) is 53.2. The Kier molecular flexibility index (Phi) is 4.00. The molecule has 4 rings (SSSR count). The summed E-state index contributed by atoms with van der Waals surface area (Å²) in [6, 6.07) is 0. The first-order valence-corrected chi connectivity index (χ1v) is 10.7. The molecule has 2 heteroatoms. The topological polar surface area (TPSA) is 34.1 Å². The molecule has 26 heavy (non-hydrogen) atoms. The molecular weight excluding hydrogens is 320 g/mol. The lowest BCUT2D eigenvalue weighted by molar-refractivity contribution is -0.155. The van der Waals surface area contributed by atoms with E-state index in [1.807, 2.05) is 0 Å². The van der Waals surface area contributed by atoms with E-state index in [2.05, 4.69) is 26.7 Å². The van der Waals surface area contributed by atoms with E-state index >= 15 is 0 Å². The first-order valence-electron chi connectivity index (χ1n) is 10.7. The van der Waals surface area contributed by atoms with Gasteiger partial charge in [0.25, 0.3) is 0 Å². The molecule has 4 aliphatic rings. The van der Waals surface area contributed by atoms with Crippen molar-refractivity contribution in [3.05, 3.63) is 0 Å². The summed E-state index contributed by atoms with van der Waals surface area (Å²) >= 11 is 0. The number of hydrogen-bond donors (Lipinski definition) is 0. The monoisotopic (exact) mass is 354 g/mol. The van der Waals surface area contributed by atoms with Crippen LogP contribution in [0.4, 0.5) is 0 Å². The Labute approximate surface area is 158 Å². The molecule has 4 aliphatic carbocycles. The molecule has 0 amide bonds. The van der Waals surface area contributed by atoms with Crippen molar-refractivity contribution in [2.24, 2.45) is 45.8 Å². The van der Waals surface area contributed by atoms with Gasteiger partial charge in [-0.05, 0) is 85.9 Å². The van der Waals surface area contributed by atoms with Crippen LogP contribution in [0, 0.1) is 58.2 Å². The van der Waals surface area contributed by atoms with Crippen molar-refractivity contribution in [3.8, 4) is 12.3 Å². The average Bonchev–Trinajstić information content (AvgIpc) is 2.90. The predicted molar refractivity (Wildman–Crippen MR) is 103 cm³/mol. The van der Waals surface area contributed by atoms with Crippen molar-refractivity contribution >= 4 is 11.6 Å². The van der Waals surface area contributed by atoms with Crippen LogP contribution in [-0.4, -0.2) is 11.6 Å². The molecule has 0 N–H and O–H groups in total. The van der Waals surface area contributed by atoms with Crippen LogP contribution < -0.4 is 0 Å². The summed E-state index contributed by atoms with van der Waals surface area (Å²) < 4.78 is 0. The Bertz CT molecular complexity index is 687. The average molecular weight is 355 g/mol. The van der Waals surface area contributed by atoms with Gasteiger partial charge in [0, 0.05) is 12.8 Å². The van der Waals surface area contributed by atoms with E-state index < -0.39 is 5.41 Å². The molecule has 0 aromatic carbocycles. The summed E-state index contributed by atoms with van der Waals surface area (Å²) in [6.07, 6.45) is 14.1. The van der Waals surface area contributed by atoms with Crippen LogP contribution >= 0.6 is 0 Å². The van der Waals surface area contributed by atoms with Gasteiger partial charge in [-0.2, -0.15) is 0 Å². The van der Waals surface area contributed by atoms with Crippen molar-refractivity contribution in [2.75, 3.05) is 0 Å². The zero-order valence-electron chi connectivity index (χ0n) is 16.9. The maximum atomic E-state index is 12.6. The molecule has 0 aromatic heterocycles. The molecule has 0 aliphatic heterocycles. The lowest BCUT2D eigenvalue weighted by Crippen LogP contribution is -2.57. The first-order chi connectivity index (χ1) is 12.2. The number of fused-ring (bicyclic) bond motifs is 5. The van der Waals surface area contributed by atoms with Crippen LogP contribution in [0.15, 0.2) is 0 Å². The molecular formula is C24H34O2. The molecule has 142 valence electrons. The summed E-state index contributed by atoms with van der Waals surface area (Å²) in [5, 5.41) is 0. The highest BCUT2D eigenvalue weighted by Gasteiger charge is 2.66. The van der Waals surface area contributed by atoms with Gasteiger partial charge in [-0.1, -0.05) is 26.7 Å². The summed E-state index contributed by atoms with van der Waals surface area (Å²) in [6.45, 7) is 8.89. The molecule has 0 heterocycles. The van der Waals surface area contributed by atoms with Crippen LogP contribution in [0.5, 0.6) is 0 Å². The molecule has 0 bridgehead atoms. The number of terminal acetylenes is 1. The van der Waals surface area contributed by atoms with E-state index in [1.165, 1.54) is 12.8 Å². The Morgan fingerprint density at radius 3 is 2.46 bits per heavy atom. The van der Waals surface area contributed by atoms with E-state index in [4.69, 9.17) is 6.42 Å². The first kappa shape index (κ1) is 18.3. The minimum Gasteiger partial charge on any atom is -0.300 e. The number of hydrogen-bond acceptors (Lipinski definition) is 2. The van der Waals surface area contributed by atoms with Gasteiger partial charge >= 0.3 is 0 Å². The van der Waals surface area contributed by atoms with Gasteiger partial charge in [-0.15, -0.1) is 6.42 Å². The van der Waals surface area contributed by atoms with Crippen molar-refractivity contribution in [1.82, 2.24) is 0 Å². The zero-order chi connectivity index (χ0) is 18.9. The molecule has 0 aromatic rings. The van der Waals surface area contributed by atoms with Crippen LogP contribution in [-0.2, 0) is 9.59 Å². The van der Waals surface area contributed by atoms with Gasteiger partial charge in [0.15, 0.2) is 0 Å². The van der Waals surface area contributed by atoms with Crippen molar-refractivity contribution in [3.63, 3.8) is 0 Å². The number of rotatable bonds is 1. The summed E-state index contributed by atoms with van der Waals surface area (Å²) in [5.41, 5.74) is -0.288. The molecule has 2 nitrogen and oxygen atoms in total. The highest BCUT2D eigenvalue weighted by molar-refractivity contribution is 5.87. The van der Waals surface area contributed by atoms with Gasteiger partial charge in [0.2, 0.25) is 0 Å². The highest BCUT2D eigenvalue weighted by atomic mass is 16.1. The SMILES string of the molecule is C#C[C@]1(C(C)=O)CC[C@H]2[C@@H]3CC(C)C4CC(=O)CC[C@]4(C)[C@H]3CC[C@@]21C. The molecule has 2 unspecified atom stereocenters.